The Bertz CT molecular complexity index is 514. The Labute approximate surface area is 140 Å². The number of nitrogens with zero attached hydrogens (tertiary/aromatic N) is 3. The zero-order chi connectivity index (χ0) is 18.1. The van der Waals surface area contributed by atoms with E-state index in [4.69, 9.17) is 4.74 Å². The predicted octanol–water partition coefficient (Wildman–Crippen LogP) is 0.590. The monoisotopic (exact) mass is 345 g/mol. The van der Waals surface area contributed by atoms with E-state index < -0.39 is 35.9 Å². The van der Waals surface area contributed by atoms with Gasteiger partial charge in [0, 0.05) is 32.6 Å². The van der Waals surface area contributed by atoms with Crippen LogP contribution in [-0.4, -0.2) is 88.4 Å². The minimum atomic E-state index is -1.71. The van der Waals surface area contributed by atoms with Crippen LogP contribution in [0.3, 0.4) is 0 Å². The van der Waals surface area contributed by atoms with E-state index >= 15 is 0 Å². The van der Waals surface area contributed by atoms with Crippen LogP contribution in [0, 0.1) is 0 Å². The van der Waals surface area contributed by atoms with Crippen LogP contribution < -0.4 is 0 Å². The number of aliphatic hydroxyl groups is 1. The second-order valence-electron chi connectivity index (χ2n) is 7.10. The number of likely N-dealkylation sites (tertiary alicyclic amines) is 1. The van der Waals surface area contributed by atoms with Crippen LogP contribution in [0.4, 0.5) is 14.0 Å². The molecule has 2 fully saturated rings. The SMILES string of the molecule is CC(C)(C)OC(=O)N1CCN(C(=O)[C@@H]2C[C@@H](O)CN2C(=O)F)CC1. The van der Waals surface area contributed by atoms with E-state index in [9.17, 15) is 23.9 Å². The number of hydrogen-bond donors (Lipinski definition) is 1. The van der Waals surface area contributed by atoms with Crippen LogP contribution in [-0.2, 0) is 9.53 Å². The van der Waals surface area contributed by atoms with Gasteiger partial charge >= 0.3 is 12.3 Å². The number of aliphatic hydroxyl groups excluding tert-OH is 1. The number of carbonyl (C=O) groups excluding carboxylic acids is 3. The van der Waals surface area contributed by atoms with Gasteiger partial charge in [-0.3, -0.25) is 9.69 Å². The quantitative estimate of drug-likeness (QED) is 0.555. The van der Waals surface area contributed by atoms with Crippen molar-refractivity contribution < 1.29 is 28.6 Å². The molecule has 2 heterocycles. The second kappa shape index (κ2) is 6.92. The van der Waals surface area contributed by atoms with Gasteiger partial charge in [-0.25, -0.2) is 9.59 Å². The summed E-state index contributed by atoms with van der Waals surface area (Å²) in [6.45, 7) is 6.32. The molecule has 136 valence electrons. The van der Waals surface area contributed by atoms with Gasteiger partial charge in [-0.1, -0.05) is 0 Å². The Balaban J connectivity index is 1.91. The summed E-state index contributed by atoms with van der Waals surface area (Å²) >= 11 is 0. The lowest BCUT2D eigenvalue weighted by molar-refractivity contribution is -0.137. The number of amides is 3. The number of piperazine rings is 1. The highest BCUT2D eigenvalue weighted by atomic mass is 19.1. The molecule has 9 heteroatoms. The zero-order valence-electron chi connectivity index (χ0n) is 14.2. The molecule has 0 spiro atoms. The van der Waals surface area contributed by atoms with Crippen LogP contribution in [0.25, 0.3) is 0 Å². The second-order valence-corrected chi connectivity index (χ2v) is 7.10. The summed E-state index contributed by atoms with van der Waals surface area (Å²) in [5.41, 5.74) is -0.591. The van der Waals surface area contributed by atoms with Crippen molar-refractivity contribution >= 4 is 18.2 Å². The van der Waals surface area contributed by atoms with Crippen LogP contribution >= 0.6 is 0 Å². The fraction of sp³-hybridized carbons (Fsp3) is 0.800. The molecule has 0 aromatic heterocycles. The molecule has 1 N–H and O–H groups in total. The molecule has 0 radical (unpaired) electrons. The molecule has 8 nitrogen and oxygen atoms in total. The largest absolute Gasteiger partial charge is 0.444 e. The Morgan fingerprint density at radius 3 is 2.12 bits per heavy atom. The van der Waals surface area contributed by atoms with E-state index in [1.165, 1.54) is 9.80 Å². The van der Waals surface area contributed by atoms with Crippen molar-refractivity contribution in [2.75, 3.05) is 32.7 Å². The molecule has 0 saturated carbocycles. The number of carbonyl (C=O) groups is 3. The molecule has 2 atom stereocenters. The molecule has 0 bridgehead atoms. The molecular formula is C15H24FN3O5. The lowest BCUT2D eigenvalue weighted by Gasteiger charge is -2.37. The summed E-state index contributed by atoms with van der Waals surface area (Å²) in [6.07, 6.45) is -3.02. The Hall–Kier alpha value is -1.90. The van der Waals surface area contributed by atoms with Gasteiger partial charge in [-0.15, -0.1) is 4.39 Å². The van der Waals surface area contributed by atoms with Crippen LogP contribution in [0.2, 0.25) is 0 Å². The van der Waals surface area contributed by atoms with Crippen LogP contribution in [0.15, 0.2) is 0 Å². The Kier molecular flexibility index (Phi) is 5.32. The summed E-state index contributed by atoms with van der Waals surface area (Å²) in [7, 11) is 0. The van der Waals surface area contributed by atoms with Crippen molar-refractivity contribution in [3.8, 4) is 0 Å². The van der Waals surface area contributed by atoms with Gasteiger partial charge in [-0.05, 0) is 20.8 Å². The average molecular weight is 345 g/mol. The highest BCUT2D eigenvalue weighted by Gasteiger charge is 2.41. The number of β-amino-alcohol motifs (C(OH)–C–C–N with tert-alkyl or cyclic N) is 1. The molecule has 2 saturated heterocycles. The molecule has 24 heavy (non-hydrogen) atoms. The first-order valence-corrected chi connectivity index (χ1v) is 7.99. The van der Waals surface area contributed by atoms with Gasteiger partial charge in [0.15, 0.2) is 0 Å². The molecule has 2 rings (SSSR count). The van der Waals surface area contributed by atoms with Crippen molar-refractivity contribution in [2.24, 2.45) is 0 Å². The first-order valence-electron chi connectivity index (χ1n) is 7.99. The smallest absolute Gasteiger partial charge is 0.410 e. The fourth-order valence-electron chi connectivity index (χ4n) is 2.89. The van der Waals surface area contributed by atoms with Crippen LogP contribution in [0.5, 0.6) is 0 Å². The molecule has 0 unspecified atom stereocenters. The average Bonchev–Trinajstić information content (AvgIpc) is 2.87. The molecule has 3 amide bonds. The maximum absolute atomic E-state index is 13.0. The minimum Gasteiger partial charge on any atom is -0.444 e. The number of ether oxygens (including phenoxy) is 1. The predicted molar refractivity (Wildman–Crippen MR) is 82.0 cm³/mol. The Morgan fingerprint density at radius 2 is 1.62 bits per heavy atom. The van der Waals surface area contributed by atoms with Crippen molar-refractivity contribution in [1.29, 1.82) is 0 Å². The van der Waals surface area contributed by atoms with E-state index in [0.29, 0.717) is 13.1 Å². The summed E-state index contributed by atoms with van der Waals surface area (Å²) in [5, 5.41) is 9.59. The first-order chi connectivity index (χ1) is 11.1. The third-order valence-electron chi connectivity index (χ3n) is 4.03. The van der Waals surface area contributed by atoms with Gasteiger partial charge in [0.1, 0.15) is 11.6 Å². The van der Waals surface area contributed by atoms with Crippen molar-refractivity contribution in [3.63, 3.8) is 0 Å². The molecule has 0 aliphatic carbocycles. The van der Waals surface area contributed by atoms with Crippen molar-refractivity contribution in [3.05, 3.63) is 0 Å². The van der Waals surface area contributed by atoms with Gasteiger partial charge < -0.3 is 19.6 Å². The van der Waals surface area contributed by atoms with E-state index in [1.807, 2.05) is 0 Å². The fourth-order valence-corrected chi connectivity index (χ4v) is 2.89. The standard InChI is InChI=1S/C15H24FN3O5/c1-15(2,3)24-14(23)18-6-4-17(5-7-18)12(21)11-8-10(20)9-19(11)13(16)22/h10-11,20H,4-9H2,1-3H3/t10-,11+/m1/s1. The molecule has 0 aromatic carbocycles. The lowest BCUT2D eigenvalue weighted by Crippen LogP contribution is -2.55. The molecular weight excluding hydrogens is 321 g/mol. The van der Waals surface area contributed by atoms with E-state index in [2.05, 4.69) is 0 Å². The summed E-state index contributed by atoms with van der Waals surface area (Å²) in [4.78, 5) is 39.2. The summed E-state index contributed by atoms with van der Waals surface area (Å²) in [5.74, 6) is -0.401. The lowest BCUT2D eigenvalue weighted by atomic mass is 10.1. The number of rotatable bonds is 1. The third-order valence-corrected chi connectivity index (χ3v) is 4.03. The number of halogens is 1. The van der Waals surface area contributed by atoms with E-state index in [1.54, 1.807) is 20.8 Å². The van der Waals surface area contributed by atoms with Gasteiger partial charge in [0.05, 0.1) is 12.6 Å². The normalized spacial score (nSPS) is 25.0. The maximum atomic E-state index is 13.0. The van der Waals surface area contributed by atoms with E-state index in [-0.39, 0.29) is 26.1 Å². The van der Waals surface area contributed by atoms with Gasteiger partial charge in [0.25, 0.3) is 0 Å². The third kappa shape index (κ3) is 4.34. The van der Waals surface area contributed by atoms with Gasteiger partial charge in [0.2, 0.25) is 5.91 Å². The number of hydrogen-bond acceptors (Lipinski definition) is 5. The molecule has 2 aliphatic heterocycles. The van der Waals surface area contributed by atoms with Gasteiger partial charge in [-0.2, -0.15) is 0 Å². The molecule has 0 aromatic rings. The van der Waals surface area contributed by atoms with Crippen LogP contribution in [0.1, 0.15) is 27.2 Å². The Morgan fingerprint density at radius 1 is 1.08 bits per heavy atom. The summed E-state index contributed by atoms with van der Waals surface area (Å²) < 4.78 is 18.3. The first kappa shape index (κ1) is 18.4. The highest BCUT2D eigenvalue weighted by molar-refractivity contribution is 5.86. The van der Waals surface area contributed by atoms with E-state index in [0.717, 1.165) is 4.90 Å². The van der Waals surface area contributed by atoms with Crippen molar-refractivity contribution in [1.82, 2.24) is 14.7 Å². The highest BCUT2D eigenvalue weighted by Crippen LogP contribution is 2.22. The zero-order valence-corrected chi connectivity index (χ0v) is 14.2. The topological polar surface area (TPSA) is 90.4 Å². The maximum Gasteiger partial charge on any atom is 0.410 e. The molecule has 2 aliphatic rings. The minimum absolute atomic E-state index is 0.0285. The van der Waals surface area contributed by atoms with Crippen molar-refractivity contribution in [2.45, 2.75) is 44.9 Å². The summed E-state index contributed by atoms with van der Waals surface area (Å²) in [6, 6.07) is -0.981.